The van der Waals surface area contributed by atoms with Gasteiger partial charge in [-0.2, -0.15) is 0 Å². The zero-order valence-corrected chi connectivity index (χ0v) is 14.8. The molecule has 6 heteroatoms. The van der Waals surface area contributed by atoms with Crippen LogP contribution in [0.15, 0.2) is 48.5 Å². The van der Waals surface area contributed by atoms with Crippen LogP contribution in [0.4, 0.5) is 5.69 Å². The van der Waals surface area contributed by atoms with E-state index in [1.165, 1.54) is 11.8 Å². The van der Waals surface area contributed by atoms with Gasteiger partial charge in [-0.25, -0.2) is 4.79 Å². The molecule has 1 N–H and O–H groups in total. The smallest absolute Gasteiger partial charge is 0.338 e. The van der Waals surface area contributed by atoms with Crippen LogP contribution in [0.3, 0.4) is 0 Å². The van der Waals surface area contributed by atoms with Gasteiger partial charge < -0.3 is 10.1 Å². The Morgan fingerprint density at radius 3 is 2.71 bits per heavy atom. The first-order valence-corrected chi connectivity index (χ1v) is 9.01. The van der Waals surface area contributed by atoms with Gasteiger partial charge in [0.05, 0.1) is 17.9 Å². The van der Waals surface area contributed by atoms with E-state index in [-0.39, 0.29) is 5.91 Å². The van der Waals surface area contributed by atoms with Crippen LogP contribution in [-0.4, -0.2) is 24.2 Å². The minimum atomic E-state index is -0.399. The molecule has 1 amide bonds. The maximum absolute atomic E-state index is 12.0. The Morgan fingerprint density at radius 2 is 1.96 bits per heavy atom. The van der Waals surface area contributed by atoms with Crippen LogP contribution in [0.1, 0.15) is 22.8 Å². The molecular formula is C18H18ClNO3S. The summed E-state index contributed by atoms with van der Waals surface area (Å²) in [5.41, 5.74) is 2.07. The molecule has 0 aliphatic heterocycles. The summed E-state index contributed by atoms with van der Waals surface area (Å²) < 4.78 is 4.94. The van der Waals surface area contributed by atoms with Crippen LogP contribution in [0, 0.1) is 0 Å². The third-order valence-corrected chi connectivity index (χ3v) is 4.29. The van der Waals surface area contributed by atoms with E-state index >= 15 is 0 Å². The van der Waals surface area contributed by atoms with Crippen LogP contribution >= 0.6 is 23.4 Å². The molecule has 0 saturated heterocycles. The van der Waals surface area contributed by atoms with Crippen molar-refractivity contribution in [1.29, 1.82) is 0 Å². The molecule has 2 aromatic rings. The number of ether oxygens (including phenoxy) is 1. The van der Waals surface area contributed by atoms with Crippen molar-refractivity contribution < 1.29 is 14.3 Å². The van der Waals surface area contributed by atoms with Gasteiger partial charge in [0.25, 0.3) is 0 Å². The van der Waals surface area contributed by atoms with E-state index in [4.69, 9.17) is 16.3 Å². The second kappa shape index (κ2) is 9.35. The molecular weight excluding hydrogens is 346 g/mol. The van der Waals surface area contributed by atoms with E-state index in [9.17, 15) is 9.59 Å². The molecule has 0 unspecified atom stereocenters. The topological polar surface area (TPSA) is 55.4 Å². The van der Waals surface area contributed by atoms with Gasteiger partial charge in [-0.15, -0.1) is 11.8 Å². The number of carbonyl (C=O) groups excluding carboxylic acids is 2. The fourth-order valence-electron chi connectivity index (χ4n) is 2.02. The third kappa shape index (κ3) is 5.91. The van der Waals surface area contributed by atoms with Crippen molar-refractivity contribution in [3.63, 3.8) is 0 Å². The SMILES string of the molecule is CCOC(=O)c1cccc(NC(=O)CSCc2cccc(Cl)c2)c1. The predicted octanol–water partition coefficient (Wildman–Crippen LogP) is 4.39. The van der Waals surface area contributed by atoms with Gasteiger partial charge in [0.1, 0.15) is 0 Å². The fraction of sp³-hybridized carbons (Fsp3) is 0.222. The average Bonchev–Trinajstić information content (AvgIpc) is 2.55. The van der Waals surface area contributed by atoms with Crippen molar-refractivity contribution in [3.8, 4) is 0 Å². The number of benzene rings is 2. The van der Waals surface area contributed by atoms with Gasteiger partial charge >= 0.3 is 5.97 Å². The molecule has 0 saturated carbocycles. The average molecular weight is 364 g/mol. The number of thioether (sulfide) groups is 1. The number of esters is 1. The highest BCUT2D eigenvalue weighted by Gasteiger charge is 2.08. The highest BCUT2D eigenvalue weighted by molar-refractivity contribution is 7.99. The van der Waals surface area contributed by atoms with Gasteiger partial charge in [0, 0.05) is 16.5 Å². The summed E-state index contributed by atoms with van der Waals surface area (Å²) in [4.78, 5) is 23.7. The minimum absolute atomic E-state index is 0.122. The molecule has 4 nitrogen and oxygen atoms in total. The number of carbonyl (C=O) groups is 2. The second-order valence-electron chi connectivity index (χ2n) is 4.97. The monoisotopic (exact) mass is 363 g/mol. The van der Waals surface area contributed by atoms with Crippen molar-refractivity contribution >= 4 is 40.9 Å². The molecule has 0 heterocycles. The molecule has 24 heavy (non-hydrogen) atoms. The summed E-state index contributed by atoms with van der Waals surface area (Å²) in [5.74, 6) is 0.499. The molecule has 0 aromatic heterocycles. The fourth-order valence-corrected chi connectivity index (χ4v) is 3.01. The summed E-state index contributed by atoms with van der Waals surface area (Å²) >= 11 is 7.43. The second-order valence-corrected chi connectivity index (χ2v) is 6.39. The van der Waals surface area contributed by atoms with Gasteiger partial charge in [0.2, 0.25) is 5.91 Å². The van der Waals surface area contributed by atoms with Gasteiger partial charge in [-0.3, -0.25) is 4.79 Å². The molecule has 0 fully saturated rings. The largest absolute Gasteiger partial charge is 0.462 e. The normalized spacial score (nSPS) is 10.2. The number of hydrogen-bond acceptors (Lipinski definition) is 4. The number of rotatable bonds is 7. The van der Waals surface area contributed by atoms with Crippen LogP contribution < -0.4 is 5.32 Å². The lowest BCUT2D eigenvalue weighted by Crippen LogP contribution is -2.15. The summed E-state index contributed by atoms with van der Waals surface area (Å²) in [5, 5.41) is 3.47. The summed E-state index contributed by atoms with van der Waals surface area (Å²) in [6.07, 6.45) is 0. The zero-order chi connectivity index (χ0) is 17.4. The Balaban J connectivity index is 1.84. The lowest BCUT2D eigenvalue weighted by atomic mass is 10.2. The maximum Gasteiger partial charge on any atom is 0.338 e. The van der Waals surface area contributed by atoms with Gasteiger partial charge in [-0.05, 0) is 42.8 Å². The van der Waals surface area contributed by atoms with E-state index < -0.39 is 5.97 Å². The standard InChI is InChI=1S/C18H18ClNO3S/c1-2-23-18(22)14-6-4-8-16(10-14)20-17(21)12-24-11-13-5-3-7-15(19)9-13/h3-10H,2,11-12H2,1H3,(H,20,21). The molecule has 0 aliphatic carbocycles. The first-order valence-electron chi connectivity index (χ1n) is 7.47. The van der Waals surface area contributed by atoms with E-state index in [2.05, 4.69) is 5.32 Å². The van der Waals surface area contributed by atoms with Crippen LogP contribution in [-0.2, 0) is 15.3 Å². The van der Waals surface area contributed by atoms with Gasteiger partial charge in [0.15, 0.2) is 0 Å². The zero-order valence-electron chi connectivity index (χ0n) is 13.3. The maximum atomic E-state index is 12.0. The Kier molecular flexibility index (Phi) is 7.15. The van der Waals surface area contributed by atoms with E-state index in [1.807, 2.05) is 24.3 Å². The van der Waals surface area contributed by atoms with Crippen molar-refractivity contribution in [3.05, 3.63) is 64.7 Å². The van der Waals surface area contributed by atoms with Crippen molar-refractivity contribution in [2.75, 3.05) is 17.7 Å². The van der Waals surface area contributed by atoms with Crippen molar-refractivity contribution in [1.82, 2.24) is 0 Å². The van der Waals surface area contributed by atoms with Gasteiger partial charge in [-0.1, -0.05) is 29.8 Å². The van der Waals surface area contributed by atoms with Crippen molar-refractivity contribution in [2.45, 2.75) is 12.7 Å². The Labute approximate surface area is 150 Å². The summed E-state index contributed by atoms with van der Waals surface area (Å²) in [6.45, 7) is 2.07. The molecule has 0 aliphatic rings. The molecule has 126 valence electrons. The Morgan fingerprint density at radius 1 is 1.17 bits per heavy atom. The van der Waals surface area contributed by atoms with E-state index in [1.54, 1.807) is 31.2 Å². The highest BCUT2D eigenvalue weighted by atomic mass is 35.5. The number of halogens is 1. The predicted molar refractivity (Wildman–Crippen MR) is 98.6 cm³/mol. The molecule has 0 atom stereocenters. The number of anilines is 1. The lowest BCUT2D eigenvalue weighted by Gasteiger charge is -2.07. The van der Waals surface area contributed by atoms with E-state index in [0.717, 1.165) is 5.56 Å². The minimum Gasteiger partial charge on any atom is -0.462 e. The Bertz CT molecular complexity index is 721. The molecule has 0 spiro atoms. The van der Waals surface area contributed by atoms with E-state index in [0.29, 0.717) is 34.4 Å². The lowest BCUT2D eigenvalue weighted by molar-refractivity contribution is -0.113. The van der Waals surface area contributed by atoms with Crippen LogP contribution in [0.25, 0.3) is 0 Å². The first-order chi connectivity index (χ1) is 11.6. The number of hydrogen-bond donors (Lipinski definition) is 1. The van der Waals surface area contributed by atoms with Crippen LogP contribution in [0.2, 0.25) is 5.02 Å². The summed E-state index contributed by atoms with van der Waals surface area (Å²) in [7, 11) is 0. The number of nitrogens with one attached hydrogen (secondary N) is 1. The molecule has 2 rings (SSSR count). The quantitative estimate of drug-likeness (QED) is 0.741. The number of amides is 1. The highest BCUT2D eigenvalue weighted by Crippen LogP contribution is 2.17. The third-order valence-electron chi connectivity index (χ3n) is 3.05. The molecule has 0 radical (unpaired) electrons. The first kappa shape index (κ1) is 18.4. The Hall–Kier alpha value is -1.98. The van der Waals surface area contributed by atoms with Crippen molar-refractivity contribution in [2.24, 2.45) is 0 Å². The van der Waals surface area contributed by atoms with Crippen LogP contribution in [0.5, 0.6) is 0 Å². The molecule has 2 aromatic carbocycles. The summed E-state index contributed by atoms with van der Waals surface area (Å²) in [6, 6.07) is 14.3. The molecule has 0 bridgehead atoms.